The monoisotopic (exact) mass is 187 g/mol. The first-order valence-electron chi connectivity index (χ1n) is 4.22. The lowest BCUT2D eigenvalue weighted by molar-refractivity contribution is 0.359. The van der Waals surface area contributed by atoms with E-state index in [4.69, 9.17) is 4.74 Å². The van der Waals surface area contributed by atoms with Gasteiger partial charge in [-0.1, -0.05) is 5.92 Å². The van der Waals surface area contributed by atoms with Gasteiger partial charge in [0.05, 0.1) is 5.39 Å². The van der Waals surface area contributed by atoms with Gasteiger partial charge in [0.1, 0.15) is 12.0 Å². The summed E-state index contributed by atoms with van der Waals surface area (Å²) in [6.07, 6.45) is 3.27. The summed E-state index contributed by atoms with van der Waals surface area (Å²) in [6, 6.07) is 1.88. The first-order chi connectivity index (χ1) is 6.92. The molecular formula is C10H9N3O. The van der Waals surface area contributed by atoms with E-state index in [9.17, 15) is 0 Å². The number of hydrogen-bond acceptors (Lipinski definition) is 3. The van der Waals surface area contributed by atoms with Gasteiger partial charge in [0.25, 0.3) is 0 Å². The lowest BCUT2D eigenvalue weighted by atomic mass is 10.4. The number of rotatable bonds is 2. The highest BCUT2D eigenvalue weighted by Crippen LogP contribution is 2.19. The van der Waals surface area contributed by atoms with Gasteiger partial charge in [0, 0.05) is 6.20 Å². The van der Waals surface area contributed by atoms with Crippen LogP contribution in [0.1, 0.15) is 6.92 Å². The minimum absolute atomic E-state index is 0.355. The number of aromatic amines is 1. The summed E-state index contributed by atoms with van der Waals surface area (Å²) in [4.78, 5) is 11.1. The normalized spacial score (nSPS) is 9.50. The molecule has 2 heterocycles. The molecule has 0 saturated carbocycles. The predicted octanol–water partition coefficient (Wildman–Crippen LogP) is 1.36. The van der Waals surface area contributed by atoms with Crippen LogP contribution >= 0.6 is 0 Å². The third-order valence-corrected chi connectivity index (χ3v) is 1.78. The van der Waals surface area contributed by atoms with Crippen LogP contribution in [0.4, 0.5) is 0 Å². The zero-order valence-electron chi connectivity index (χ0n) is 7.74. The van der Waals surface area contributed by atoms with Crippen molar-refractivity contribution in [2.24, 2.45) is 0 Å². The van der Waals surface area contributed by atoms with E-state index in [0.29, 0.717) is 12.5 Å². The summed E-state index contributed by atoms with van der Waals surface area (Å²) in [5.74, 6) is 6.13. The molecule has 0 spiro atoms. The smallest absolute Gasteiger partial charge is 0.227 e. The first kappa shape index (κ1) is 8.57. The molecule has 0 radical (unpaired) electrons. The fraction of sp³-hybridized carbons (Fsp3) is 0.200. The quantitative estimate of drug-likeness (QED) is 0.722. The van der Waals surface area contributed by atoms with Gasteiger partial charge in [0.15, 0.2) is 6.61 Å². The third-order valence-electron chi connectivity index (χ3n) is 1.78. The van der Waals surface area contributed by atoms with Gasteiger partial charge in [-0.15, -0.1) is 5.92 Å². The summed E-state index contributed by atoms with van der Waals surface area (Å²) in [6.45, 7) is 2.13. The number of ether oxygens (including phenoxy) is 1. The Labute approximate surface area is 81.3 Å². The highest BCUT2D eigenvalue weighted by Gasteiger charge is 2.03. The van der Waals surface area contributed by atoms with Crippen LogP contribution in [0, 0.1) is 11.8 Å². The van der Waals surface area contributed by atoms with Crippen molar-refractivity contribution in [2.45, 2.75) is 6.92 Å². The Morgan fingerprint density at radius 3 is 3.29 bits per heavy atom. The van der Waals surface area contributed by atoms with Gasteiger partial charge < -0.3 is 9.72 Å². The van der Waals surface area contributed by atoms with Crippen LogP contribution in [0.3, 0.4) is 0 Å². The van der Waals surface area contributed by atoms with Gasteiger partial charge >= 0.3 is 0 Å². The van der Waals surface area contributed by atoms with Gasteiger partial charge in [-0.25, -0.2) is 9.97 Å². The van der Waals surface area contributed by atoms with Crippen LogP contribution in [0.15, 0.2) is 18.6 Å². The molecule has 1 N–H and O–H groups in total. The molecule has 0 aliphatic rings. The molecular weight excluding hydrogens is 178 g/mol. The molecule has 0 aliphatic carbocycles. The standard InChI is InChI=1S/C10H9N3O/c1-2-3-6-14-10-8-4-5-11-9(8)12-7-13-10/h4-5,7H,6H2,1H3,(H,11,12,13). The maximum atomic E-state index is 5.37. The summed E-state index contributed by atoms with van der Waals surface area (Å²) in [5, 5.41) is 0.880. The van der Waals surface area contributed by atoms with Crippen LogP contribution in [-0.4, -0.2) is 21.6 Å². The largest absolute Gasteiger partial charge is 0.464 e. The van der Waals surface area contributed by atoms with Gasteiger partial charge in [-0.05, 0) is 13.0 Å². The van der Waals surface area contributed by atoms with Crippen LogP contribution < -0.4 is 4.74 Å². The van der Waals surface area contributed by atoms with Gasteiger partial charge in [0.2, 0.25) is 5.88 Å². The molecule has 0 atom stereocenters. The van der Waals surface area contributed by atoms with Crippen molar-refractivity contribution in [2.75, 3.05) is 6.61 Å². The number of nitrogens with one attached hydrogen (secondary N) is 1. The second-order valence-corrected chi connectivity index (χ2v) is 2.63. The predicted molar refractivity (Wildman–Crippen MR) is 52.8 cm³/mol. The Bertz CT molecular complexity index is 493. The van der Waals surface area contributed by atoms with Crippen molar-refractivity contribution in [1.82, 2.24) is 15.0 Å². The number of H-pyrrole nitrogens is 1. The van der Waals surface area contributed by atoms with E-state index in [-0.39, 0.29) is 0 Å². The van der Waals surface area contributed by atoms with E-state index in [0.717, 1.165) is 11.0 Å². The highest BCUT2D eigenvalue weighted by atomic mass is 16.5. The Kier molecular flexibility index (Phi) is 2.32. The fourth-order valence-electron chi connectivity index (χ4n) is 1.14. The zero-order chi connectivity index (χ0) is 9.80. The van der Waals surface area contributed by atoms with E-state index >= 15 is 0 Å². The first-order valence-corrected chi connectivity index (χ1v) is 4.22. The zero-order valence-corrected chi connectivity index (χ0v) is 7.74. The SMILES string of the molecule is CC#CCOc1ncnc2[nH]ccc12. The van der Waals surface area contributed by atoms with Crippen molar-refractivity contribution in [1.29, 1.82) is 0 Å². The van der Waals surface area contributed by atoms with E-state index in [1.165, 1.54) is 6.33 Å². The molecule has 70 valence electrons. The molecule has 0 aromatic carbocycles. The molecule has 0 amide bonds. The van der Waals surface area contributed by atoms with Crippen LogP contribution in [0.2, 0.25) is 0 Å². The number of nitrogens with zero attached hydrogens (tertiary/aromatic N) is 2. The van der Waals surface area contributed by atoms with Crippen molar-refractivity contribution >= 4 is 11.0 Å². The lowest BCUT2D eigenvalue weighted by Gasteiger charge is -2.00. The maximum absolute atomic E-state index is 5.37. The van der Waals surface area contributed by atoms with Crippen molar-refractivity contribution in [3.05, 3.63) is 18.6 Å². The van der Waals surface area contributed by atoms with Crippen LogP contribution in [0.25, 0.3) is 11.0 Å². The summed E-state index contributed by atoms with van der Waals surface area (Å²) in [7, 11) is 0. The second kappa shape index (κ2) is 3.79. The van der Waals surface area contributed by atoms with Crippen molar-refractivity contribution < 1.29 is 4.74 Å². The van der Waals surface area contributed by atoms with Crippen LogP contribution in [0.5, 0.6) is 5.88 Å². The van der Waals surface area contributed by atoms with E-state index < -0.39 is 0 Å². The molecule has 2 aromatic heterocycles. The van der Waals surface area contributed by atoms with E-state index in [1.54, 1.807) is 13.1 Å². The molecule has 0 aliphatic heterocycles. The number of aromatic nitrogens is 3. The Morgan fingerprint density at radius 2 is 2.43 bits per heavy atom. The third kappa shape index (κ3) is 1.52. The minimum atomic E-state index is 0.355. The Morgan fingerprint density at radius 1 is 1.50 bits per heavy atom. The lowest BCUT2D eigenvalue weighted by Crippen LogP contribution is -1.97. The van der Waals surface area contributed by atoms with Crippen molar-refractivity contribution in [3.8, 4) is 17.7 Å². The highest BCUT2D eigenvalue weighted by molar-refractivity contribution is 5.80. The second-order valence-electron chi connectivity index (χ2n) is 2.63. The minimum Gasteiger partial charge on any atom is -0.464 e. The Balaban J connectivity index is 2.30. The molecule has 0 saturated heterocycles. The molecule has 14 heavy (non-hydrogen) atoms. The maximum Gasteiger partial charge on any atom is 0.227 e. The van der Waals surface area contributed by atoms with Crippen molar-refractivity contribution in [3.63, 3.8) is 0 Å². The number of fused-ring (bicyclic) bond motifs is 1. The summed E-state index contributed by atoms with van der Waals surface area (Å²) in [5.41, 5.74) is 0.777. The average Bonchev–Trinajstić information content (AvgIpc) is 2.67. The van der Waals surface area contributed by atoms with Gasteiger partial charge in [-0.3, -0.25) is 0 Å². The Hall–Kier alpha value is -2.02. The molecule has 2 rings (SSSR count). The molecule has 0 unspecified atom stereocenters. The van der Waals surface area contributed by atoms with Gasteiger partial charge in [-0.2, -0.15) is 0 Å². The summed E-state index contributed by atoms with van der Waals surface area (Å²) >= 11 is 0. The molecule has 0 bridgehead atoms. The number of hydrogen-bond donors (Lipinski definition) is 1. The molecule has 2 aromatic rings. The fourth-order valence-corrected chi connectivity index (χ4v) is 1.14. The van der Waals surface area contributed by atoms with Crippen LogP contribution in [-0.2, 0) is 0 Å². The average molecular weight is 187 g/mol. The van der Waals surface area contributed by atoms with E-state index in [2.05, 4.69) is 26.8 Å². The summed E-state index contributed by atoms with van der Waals surface area (Å²) < 4.78 is 5.37. The molecule has 0 fully saturated rings. The molecule has 4 heteroatoms. The van der Waals surface area contributed by atoms with E-state index in [1.807, 2.05) is 6.07 Å². The molecule has 4 nitrogen and oxygen atoms in total. The topological polar surface area (TPSA) is 50.8 Å².